The molecule has 0 bridgehead atoms. The van der Waals surface area contributed by atoms with Crippen LogP contribution < -0.4 is 5.73 Å². The summed E-state index contributed by atoms with van der Waals surface area (Å²) in [5, 5.41) is 0. The Balaban J connectivity index is 1.82. The van der Waals surface area contributed by atoms with Gasteiger partial charge in [0, 0.05) is 26.8 Å². The maximum absolute atomic E-state index is 5.65. The van der Waals surface area contributed by atoms with Crippen LogP contribution in [0, 0.1) is 5.92 Å². The van der Waals surface area contributed by atoms with Crippen LogP contribution in [0.2, 0.25) is 0 Å². The van der Waals surface area contributed by atoms with Gasteiger partial charge in [0.25, 0.3) is 0 Å². The molecule has 1 saturated heterocycles. The number of methoxy groups -OCH3 is 1. The first kappa shape index (κ1) is 16.5. The highest BCUT2D eigenvalue weighted by Crippen LogP contribution is 2.22. The van der Waals surface area contributed by atoms with Crippen LogP contribution in [-0.4, -0.2) is 38.3 Å². The smallest absolute Gasteiger partial charge is 0.0462 e. The van der Waals surface area contributed by atoms with Crippen LogP contribution in [0.3, 0.4) is 0 Å². The van der Waals surface area contributed by atoms with Crippen LogP contribution in [0.5, 0.6) is 0 Å². The molecule has 1 aromatic rings. The molecular weight excluding hydrogens is 260 g/mol. The highest BCUT2D eigenvalue weighted by molar-refractivity contribution is 5.23. The number of benzene rings is 1. The lowest BCUT2D eigenvalue weighted by Gasteiger charge is -2.33. The summed E-state index contributed by atoms with van der Waals surface area (Å²) in [6.07, 6.45) is 6.19. The number of hydrogen-bond acceptors (Lipinski definition) is 3. The minimum atomic E-state index is 0.731. The number of rotatable bonds is 8. The number of likely N-dealkylation sites (tertiary alicyclic amines) is 1. The SMILES string of the molecule is COCCCC1CCCN(Cc2cccc(CCN)c2)C1. The molecule has 0 aromatic heterocycles. The highest BCUT2D eigenvalue weighted by Gasteiger charge is 2.19. The molecule has 3 heteroatoms. The molecule has 1 aliphatic rings. The van der Waals surface area contributed by atoms with Crippen LogP contribution in [0.1, 0.15) is 36.8 Å². The third-order valence-electron chi connectivity index (χ3n) is 4.39. The van der Waals surface area contributed by atoms with Gasteiger partial charge in [-0.25, -0.2) is 0 Å². The number of piperidine rings is 1. The fourth-order valence-electron chi connectivity index (χ4n) is 3.36. The van der Waals surface area contributed by atoms with Gasteiger partial charge in [0.2, 0.25) is 0 Å². The van der Waals surface area contributed by atoms with Crippen LogP contribution in [-0.2, 0) is 17.7 Å². The van der Waals surface area contributed by atoms with E-state index in [2.05, 4.69) is 29.2 Å². The zero-order valence-electron chi connectivity index (χ0n) is 13.4. The molecule has 0 saturated carbocycles. The van der Waals surface area contributed by atoms with E-state index in [0.29, 0.717) is 0 Å². The van der Waals surface area contributed by atoms with Crippen LogP contribution >= 0.6 is 0 Å². The normalized spacial score (nSPS) is 19.8. The van der Waals surface area contributed by atoms with Gasteiger partial charge in [0.05, 0.1) is 0 Å². The van der Waals surface area contributed by atoms with Crippen molar-refractivity contribution >= 4 is 0 Å². The largest absolute Gasteiger partial charge is 0.385 e. The third-order valence-corrected chi connectivity index (χ3v) is 4.39. The van der Waals surface area contributed by atoms with Crippen molar-refractivity contribution in [2.75, 3.05) is 33.4 Å². The van der Waals surface area contributed by atoms with Gasteiger partial charge in [-0.05, 0) is 62.2 Å². The molecule has 1 aromatic carbocycles. The van der Waals surface area contributed by atoms with E-state index < -0.39 is 0 Å². The Morgan fingerprint density at radius 3 is 3.00 bits per heavy atom. The summed E-state index contributed by atoms with van der Waals surface area (Å²) in [7, 11) is 1.79. The Morgan fingerprint density at radius 1 is 1.33 bits per heavy atom. The van der Waals surface area contributed by atoms with Gasteiger partial charge in [0.1, 0.15) is 0 Å². The molecule has 118 valence electrons. The number of hydrogen-bond donors (Lipinski definition) is 1. The van der Waals surface area contributed by atoms with Crippen LogP contribution in [0.15, 0.2) is 24.3 Å². The van der Waals surface area contributed by atoms with Crippen molar-refractivity contribution in [1.29, 1.82) is 0 Å². The second-order valence-electron chi connectivity index (χ2n) is 6.24. The van der Waals surface area contributed by atoms with Gasteiger partial charge >= 0.3 is 0 Å². The Morgan fingerprint density at radius 2 is 2.19 bits per heavy atom. The first-order valence-electron chi connectivity index (χ1n) is 8.31. The second-order valence-corrected chi connectivity index (χ2v) is 6.24. The Kier molecular flexibility index (Phi) is 7.20. The predicted octanol–water partition coefficient (Wildman–Crippen LogP) is 2.83. The summed E-state index contributed by atoms with van der Waals surface area (Å²) in [6, 6.07) is 8.91. The average Bonchev–Trinajstić information content (AvgIpc) is 2.49. The molecule has 0 aliphatic carbocycles. The van der Waals surface area contributed by atoms with Crippen molar-refractivity contribution in [3.8, 4) is 0 Å². The van der Waals surface area contributed by atoms with Crippen LogP contribution in [0.25, 0.3) is 0 Å². The van der Waals surface area contributed by atoms with Crippen molar-refractivity contribution in [2.45, 2.75) is 38.6 Å². The summed E-state index contributed by atoms with van der Waals surface area (Å²) >= 11 is 0. The van der Waals surface area contributed by atoms with Gasteiger partial charge in [-0.3, -0.25) is 4.90 Å². The molecule has 1 atom stereocenters. The Hall–Kier alpha value is -0.900. The maximum atomic E-state index is 5.65. The first-order chi connectivity index (χ1) is 10.3. The fraction of sp³-hybridized carbons (Fsp3) is 0.667. The molecule has 0 spiro atoms. The maximum Gasteiger partial charge on any atom is 0.0462 e. The quantitative estimate of drug-likeness (QED) is 0.748. The molecule has 1 unspecified atom stereocenters. The third kappa shape index (κ3) is 5.77. The molecule has 0 radical (unpaired) electrons. The molecule has 0 amide bonds. The van der Waals surface area contributed by atoms with Crippen molar-refractivity contribution < 1.29 is 4.74 Å². The zero-order valence-corrected chi connectivity index (χ0v) is 13.4. The average molecular weight is 290 g/mol. The topological polar surface area (TPSA) is 38.5 Å². The van der Waals surface area contributed by atoms with Gasteiger partial charge < -0.3 is 10.5 Å². The molecule has 1 aliphatic heterocycles. The Bertz CT molecular complexity index is 408. The predicted molar refractivity (Wildman–Crippen MR) is 88.3 cm³/mol. The first-order valence-corrected chi connectivity index (χ1v) is 8.31. The van der Waals surface area contributed by atoms with Crippen molar-refractivity contribution in [2.24, 2.45) is 11.7 Å². The van der Waals surface area contributed by atoms with E-state index in [-0.39, 0.29) is 0 Å². The highest BCUT2D eigenvalue weighted by atomic mass is 16.5. The lowest BCUT2D eigenvalue weighted by Crippen LogP contribution is -2.35. The van der Waals surface area contributed by atoms with Gasteiger partial charge in [0.15, 0.2) is 0 Å². The molecule has 2 rings (SSSR count). The number of nitrogens with zero attached hydrogens (tertiary/aromatic N) is 1. The van der Waals surface area contributed by atoms with Crippen molar-refractivity contribution in [1.82, 2.24) is 4.90 Å². The molecule has 1 heterocycles. The van der Waals surface area contributed by atoms with E-state index in [1.807, 2.05) is 0 Å². The van der Waals surface area contributed by atoms with E-state index in [4.69, 9.17) is 10.5 Å². The van der Waals surface area contributed by atoms with Crippen molar-refractivity contribution in [3.05, 3.63) is 35.4 Å². The second kappa shape index (κ2) is 9.19. The molecule has 21 heavy (non-hydrogen) atoms. The van der Waals surface area contributed by atoms with E-state index in [9.17, 15) is 0 Å². The van der Waals surface area contributed by atoms with Crippen LogP contribution in [0.4, 0.5) is 0 Å². The van der Waals surface area contributed by atoms with Gasteiger partial charge in [-0.15, -0.1) is 0 Å². The van der Waals surface area contributed by atoms with E-state index in [1.165, 1.54) is 49.9 Å². The van der Waals surface area contributed by atoms with E-state index in [0.717, 1.165) is 32.0 Å². The lowest BCUT2D eigenvalue weighted by atomic mass is 9.93. The molecule has 2 N–H and O–H groups in total. The molecule has 3 nitrogen and oxygen atoms in total. The fourth-order valence-corrected chi connectivity index (χ4v) is 3.36. The summed E-state index contributed by atoms with van der Waals surface area (Å²) in [5.41, 5.74) is 8.44. The van der Waals surface area contributed by atoms with Crippen molar-refractivity contribution in [3.63, 3.8) is 0 Å². The van der Waals surface area contributed by atoms with E-state index in [1.54, 1.807) is 7.11 Å². The lowest BCUT2D eigenvalue weighted by molar-refractivity contribution is 0.142. The van der Waals surface area contributed by atoms with Gasteiger partial charge in [-0.1, -0.05) is 24.3 Å². The summed E-state index contributed by atoms with van der Waals surface area (Å²) < 4.78 is 5.17. The van der Waals surface area contributed by atoms with E-state index >= 15 is 0 Å². The summed E-state index contributed by atoms with van der Waals surface area (Å²) in [5.74, 6) is 0.848. The standard InChI is InChI=1S/C18H30N2O/c1-21-12-4-8-17-7-3-11-20(14-17)15-18-6-2-5-16(13-18)9-10-19/h2,5-6,13,17H,3-4,7-12,14-15,19H2,1H3. The summed E-state index contributed by atoms with van der Waals surface area (Å²) in [6.45, 7) is 5.19. The molecule has 1 fully saturated rings. The monoisotopic (exact) mass is 290 g/mol. The zero-order chi connectivity index (χ0) is 14.9. The summed E-state index contributed by atoms with van der Waals surface area (Å²) in [4.78, 5) is 2.61. The number of nitrogens with two attached hydrogens (primary N) is 1. The molecular formula is C18H30N2O. The Labute approximate surface area is 129 Å². The number of ether oxygens (including phenoxy) is 1. The minimum Gasteiger partial charge on any atom is -0.385 e. The van der Waals surface area contributed by atoms with Gasteiger partial charge in [-0.2, -0.15) is 0 Å². The minimum absolute atomic E-state index is 0.731.